The first-order valence-electron chi connectivity index (χ1n) is 7.03. The molecule has 1 heterocycles. The second-order valence-electron chi connectivity index (χ2n) is 5.24. The lowest BCUT2D eigenvalue weighted by Gasteiger charge is -2.13. The molecule has 1 aromatic heterocycles. The largest absolute Gasteiger partial charge is 0.490 e. The summed E-state index contributed by atoms with van der Waals surface area (Å²) in [5.74, 6) is 1.23. The Kier molecular flexibility index (Phi) is 3.54. The lowest BCUT2D eigenvalue weighted by molar-refractivity contribution is 0.102. The topological polar surface area (TPSA) is 44.1 Å². The summed E-state index contributed by atoms with van der Waals surface area (Å²) < 4.78 is 7.62. The summed E-state index contributed by atoms with van der Waals surface area (Å²) in [7, 11) is 1.82. The molecule has 0 atom stereocenters. The monoisotopic (exact) mass is 270 g/mol. The second-order valence-corrected chi connectivity index (χ2v) is 5.24. The van der Waals surface area contributed by atoms with Crippen LogP contribution in [0.15, 0.2) is 36.7 Å². The minimum atomic E-state index is -0.0649. The van der Waals surface area contributed by atoms with Crippen LogP contribution in [0, 0.1) is 0 Å². The Bertz CT molecular complexity index is 595. The van der Waals surface area contributed by atoms with E-state index in [2.05, 4.69) is 4.98 Å². The molecule has 0 aliphatic heterocycles. The molecular formula is C16H18N2O2. The van der Waals surface area contributed by atoms with Crippen LogP contribution in [0.1, 0.15) is 41.9 Å². The Morgan fingerprint density at radius 3 is 2.55 bits per heavy atom. The molecule has 1 aliphatic rings. The first-order valence-corrected chi connectivity index (χ1v) is 7.03. The Balaban J connectivity index is 1.72. The number of aryl methyl sites for hydroxylation is 1. The predicted molar refractivity (Wildman–Crippen MR) is 76.0 cm³/mol. The lowest BCUT2D eigenvalue weighted by Crippen LogP contribution is -2.11. The van der Waals surface area contributed by atoms with Gasteiger partial charge in [-0.3, -0.25) is 4.79 Å². The molecule has 1 saturated carbocycles. The quantitative estimate of drug-likeness (QED) is 0.802. The average Bonchev–Trinajstić information content (AvgIpc) is 3.10. The molecule has 0 bridgehead atoms. The lowest BCUT2D eigenvalue weighted by atomic mass is 10.1. The summed E-state index contributed by atoms with van der Waals surface area (Å²) in [6.07, 6.45) is 8.50. The van der Waals surface area contributed by atoms with E-state index in [1.807, 2.05) is 19.2 Å². The van der Waals surface area contributed by atoms with Crippen LogP contribution >= 0.6 is 0 Å². The molecule has 4 heteroatoms. The zero-order valence-electron chi connectivity index (χ0n) is 11.6. The van der Waals surface area contributed by atoms with Crippen molar-refractivity contribution >= 4 is 5.78 Å². The molecule has 0 amide bonds. The summed E-state index contributed by atoms with van der Waals surface area (Å²) in [4.78, 5) is 16.3. The van der Waals surface area contributed by atoms with Crippen LogP contribution < -0.4 is 4.74 Å². The van der Waals surface area contributed by atoms with E-state index in [9.17, 15) is 4.79 Å². The molecule has 20 heavy (non-hydrogen) atoms. The molecule has 0 N–H and O–H groups in total. The molecule has 1 aromatic carbocycles. The van der Waals surface area contributed by atoms with Crippen LogP contribution in [-0.4, -0.2) is 21.4 Å². The van der Waals surface area contributed by atoms with Gasteiger partial charge in [-0.15, -0.1) is 0 Å². The van der Waals surface area contributed by atoms with Gasteiger partial charge in [0.05, 0.1) is 6.10 Å². The van der Waals surface area contributed by atoms with E-state index < -0.39 is 0 Å². The van der Waals surface area contributed by atoms with Crippen molar-refractivity contribution in [1.82, 2.24) is 9.55 Å². The maximum Gasteiger partial charge on any atom is 0.228 e. The number of carbonyl (C=O) groups excluding carboxylic acids is 1. The molecule has 104 valence electrons. The number of aromatic nitrogens is 2. The van der Waals surface area contributed by atoms with Crippen LogP contribution in [0.5, 0.6) is 5.75 Å². The molecule has 1 aliphatic carbocycles. The van der Waals surface area contributed by atoms with Gasteiger partial charge in [0.2, 0.25) is 5.78 Å². The highest BCUT2D eigenvalue weighted by atomic mass is 16.5. The maximum atomic E-state index is 12.3. The van der Waals surface area contributed by atoms with E-state index in [1.54, 1.807) is 29.1 Å². The summed E-state index contributed by atoms with van der Waals surface area (Å²) >= 11 is 0. The Morgan fingerprint density at radius 2 is 1.95 bits per heavy atom. The molecule has 0 unspecified atom stereocenters. The smallest absolute Gasteiger partial charge is 0.228 e. The van der Waals surface area contributed by atoms with E-state index in [1.165, 1.54) is 12.8 Å². The maximum absolute atomic E-state index is 12.3. The van der Waals surface area contributed by atoms with Gasteiger partial charge in [0.15, 0.2) is 5.82 Å². The van der Waals surface area contributed by atoms with Crippen LogP contribution in [-0.2, 0) is 7.05 Å². The predicted octanol–water partition coefficient (Wildman–Crippen LogP) is 2.97. The number of ketones is 1. The van der Waals surface area contributed by atoms with E-state index in [-0.39, 0.29) is 5.78 Å². The van der Waals surface area contributed by atoms with Gasteiger partial charge >= 0.3 is 0 Å². The zero-order chi connectivity index (χ0) is 13.9. The summed E-state index contributed by atoms with van der Waals surface area (Å²) in [5, 5.41) is 0. The number of rotatable bonds is 4. The highest BCUT2D eigenvalue weighted by Crippen LogP contribution is 2.24. The number of hydrogen-bond acceptors (Lipinski definition) is 3. The fraction of sp³-hybridized carbons (Fsp3) is 0.375. The van der Waals surface area contributed by atoms with Crippen molar-refractivity contribution in [1.29, 1.82) is 0 Å². The Morgan fingerprint density at radius 1 is 1.25 bits per heavy atom. The highest BCUT2D eigenvalue weighted by molar-refractivity contribution is 6.06. The second kappa shape index (κ2) is 5.49. The third kappa shape index (κ3) is 2.59. The minimum absolute atomic E-state index is 0.0649. The average molecular weight is 270 g/mol. The van der Waals surface area contributed by atoms with Gasteiger partial charge in [0.1, 0.15) is 5.75 Å². The standard InChI is InChI=1S/C16H18N2O2/c1-18-11-10-17-16(18)15(19)12-6-8-14(9-7-12)20-13-4-2-3-5-13/h6-11,13H,2-5H2,1H3. The highest BCUT2D eigenvalue weighted by Gasteiger charge is 2.17. The number of carbonyl (C=O) groups is 1. The normalized spacial score (nSPS) is 15.4. The van der Waals surface area contributed by atoms with Gasteiger partial charge in [0, 0.05) is 25.0 Å². The van der Waals surface area contributed by atoms with Gasteiger partial charge in [0.25, 0.3) is 0 Å². The van der Waals surface area contributed by atoms with Gasteiger partial charge < -0.3 is 9.30 Å². The molecule has 0 radical (unpaired) electrons. The van der Waals surface area contributed by atoms with Crippen molar-refractivity contribution in [3.63, 3.8) is 0 Å². The minimum Gasteiger partial charge on any atom is -0.490 e. The molecule has 1 fully saturated rings. The van der Waals surface area contributed by atoms with Crippen molar-refractivity contribution in [3.8, 4) is 5.75 Å². The number of ether oxygens (including phenoxy) is 1. The van der Waals surface area contributed by atoms with E-state index in [0.717, 1.165) is 18.6 Å². The van der Waals surface area contributed by atoms with E-state index in [4.69, 9.17) is 4.74 Å². The third-order valence-electron chi connectivity index (χ3n) is 3.75. The van der Waals surface area contributed by atoms with Gasteiger partial charge in [-0.05, 0) is 49.9 Å². The zero-order valence-corrected chi connectivity index (χ0v) is 11.6. The first kappa shape index (κ1) is 12.9. The SMILES string of the molecule is Cn1ccnc1C(=O)c1ccc(OC2CCCC2)cc1. The van der Waals surface area contributed by atoms with Crippen LogP contribution in [0.4, 0.5) is 0 Å². The fourth-order valence-electron chi connectivity index (χ4n) is 2.60. The Labute approximate surface area is 118 Å². The molecule has 4 nitrogen and oxygen atoms in total. The molecule has 3 rings (SSSR count). The number of hydrogen-bond donors (Lipinski definition) is 0. The fourth-order valence-corrected chi connectivity index (χ4v) is 2.60. The van der Waals surface area contributed by atoms with Crippen LogP contribution in [0.3, 0.4) is 0 Å². The van der Waals surface area contributed by atoms with Crippen molar-refractivity contribution in [3.05, 3.63) is 48.0 Å². The summed E-state index contributed by atoms with van der Waals surface area (Å²) in [5.41, 5.74) is 0.637. The number of nitrogens with zero attached hydrogens (tertiary/aromatic N) is 2. The van der Waals surface area contributed by atoms with Gasteiger partial charge in [-0.1, -0.05) is 0 Å². The molecular weight excluding hydrogens is 252 g/mol. The number of imidazole rings is 1. The molecule has 2 aromatic rings. The molecule has 0 saturated heterocycles. The van der Waals surface area contributed by atoms with Crippen molar-refractivity contribution in [2.75, 3.05) is 0 Å². The van der Waals surface area contributed by atoms with Gasteiger partial charge in [-0.25, -0.2) is 4.98 Å². The summed E-state index contributed by atoms with van der Waals surface area (Å²) in [6, 6.07) is 7.35. The van der Waals surface area contributed by atoms with Crippen molar-refractivity contribution in [2.45, 2.75) is 31.8 Å². The van der Waals surface area contributed by atoms with Gasteiger partial charge in [-0.2, -0.15) is 0 Å². The molecule has 0 spiro atoms. The first-order chi connectivity index (χ1) is 9.74. The third-order valence-corrected chi connectivity index (χ3v) is 3.75. The van der Waals surface area contributed by atoms with Crippen molar-refractivity contribution < 1.29 is 9.53 Å². The van der Waals surface area contributed by atoms with Crippen molar-refractivity contribution in [2.24, 2.45) is 7.05 Å². The number of benzene rings is 1. The van der Waals surface area contributed by atoms with E-state index in [0.29, 0.717) is 17.5 Å². The summed E-state index contributed by atoms with van der Waals surface area (Å²) in [6.45, 7) is 0. The van der Waals surface area contributed by atoms with Crippen LogP contribution in [0.2, 0.25) is 0 Å². The van der Waals surface area contributed by atoms with E-state index >= 15 is 0 Å². The Hall–Kier alpha value is -2.10. The van der Waals surface area contributed by atoms with Crippen LogP contribution in [0.25, 0.3) is 0 Å².